The zero-order chi connectivity index (χ0) is 59.9. The predicted octanol–water partition coefficient (Wildman–Crippen LogP) is 23.0. The summed E-state index contributed by atoms with van der Waals surface area (Å²) in [6.07, 6.45) is 105. The van der Waals surface area contributed by atoms with Crippen LogP contribution in [-0.4, -0.2) is 37.2 Å². The predicted molar refractivity (Wildman–Crippen MR) is 361 cm³/mol. The van der Waals surface area contributed by atoms with Crippen molar-refractivity contribution in [2.24, 2.45) is 0 Å². The highest BCUT2D eigenvalue weighted by Crippen LogP contribution is 2.13. The lowest BCUT2D eigenvalue weighted by Gasteiger charge is -2.18. The van der Waals surface area contributed by atoms with Gasteiger partial charge in [0, 0.05) is 12.8 Å². The zero-order valence-electron chi connectivity index (χ0n) is 52.9. The van der Waals surface area contributed by atoms with E-state index < -0.39 is 12.1 Å². The molecule has 0 bridgehead atoms. The topological polar surface area (TPSA) is 78.9 Å². The third-order valence-corrected chi connectivity index (χ3v) is 13.1. The van der Waals surface area contributed by atoms with Crippen molar-refractivity contribution in [2.75, 3.05) is 13.2 Å². The Kier molecular flexibility index (Phi) is 64.0. The Morgan fingerprint density at radius 3 is 0.807 bits per heavy atom. The fourth-order valence-corrected chi connectivity index (χ4v) is 8.25. The van der Waals surface area contributed by atoms with Crippen molar-refractivity contribution in [2.45, 2.75) is 258 Å². The molecule has 0 spiro atoms. The third kappa shape index (κ3) is 66.9. The highest BCUT2D eigenvalue weighted by atomic mass is 16.6. The van der Waals surface area contributed by atoms with Crippen molar-refractivity contribution in [3.63, 3.8) is 0 Å². The lowest BCUT2D eigenvalue weighted by Crippen LogP contribution is -2.30. The molecule has 1 unspecified atom stereocenters. The molecule has 0 radical (unpaired) electrons. The van der Waals surface area contributed by atoms with E-state index in [1.807, 2.05) is 6.08 Å². The van der Waals surface area contributed by atoms with E-state index in [4.69, 9.17) is 14.2 Å². The van der Waals surface area contributed by atoms with E-state index >= 15 is 0 Å². The molecule has 0 rings (SSSR count). The standard InChI is InChI=1S/C77H118O6/c1-4-7-10-13-16-19-22-25-28-29-30-31-32-33-34-35-36-37-38-39-40-41-42-43-44-45-46-47-50-52-55-58-61-64-67-70-76(79)82-73-74(83-77(80)71-68-65-62-59-56-53-49-27-24-21-18-15-12-9-6-3)72-81-75(78)69-66-63-60-57-54-51-48-26-23-20-17-14-11-8-5-2/h7,9-10,12,16,18-19,21,25-28,30-31,33-34,36-37,39-40,42-43,45-46,48-50,52,56,59,65,68,74H,4-6,8,11,13-15,17,20,22-24,29,32,35,38,41,44,47,51,53-55,57-58,60-64,66-67,69-73H2,1-3H3/b10-7-,12-9-,19-16-,21-18-,28-25-,31-30-,34-33-,37-36-,40-39-,43-42-,46-45-,48-26-,49-27-,52-50-,59-56-,68-65-. The van der Waals surface area contributed by atoms with Gasteiger partial charge in [-0.2, -0.15) is 0 Å². The summed E-state index contributed by atoms with van der Waals surface area (Å²) in [6.45, 7) is 6.28. The van der Waals surface area contributed by atoms with Crippen LogP contribution in [0.15, 0.2) is 194 Å². The third-order valence-electron chi connectivity index (χ3n) is 13.1. The average molecular weight is 1140 g/mol. The van der Waals surface area contributed by atoms with E-state index in [-0.39, 0.29) is 31.6 Å². The van der Waals surface area contributed by atoms with Gasteiger partial charge in [-0.25, -0.2) is 0 Å². The monoisotopic (exact) mass is 1140 g/mol. The Balaban J connectivity index is 4.43. The van der Waals surface area contributed by atoms with E-state index in [2.05, 4.69) is 203 Å². The molecule has 462 valence electrons. The number of unbranched alkanes of at least 4 members (excludes halogenated alkanes) is 15. The summed E-state index contributed by atoms with van der Waals surface area (Å²) in [7, 11) is 0. The van der Waals surface area contributed by atoms with Crippen LogP contribution < -0.4 is 0 Å². The summed E-state index contributed by atoms with van der Waals surface area (Å²) < 4.78 is 16.8. The number of carbonyl (C=O) groups excluding carboxylic acids is 3. The van der Waals surface area contributed by atoms with Crippen LogP contribution in [-0.2, 0) is 28.6 Å². The van der Waals surface area contributed by atoms with Gasteiger partial charge >= 0.3 is 17.9 Å². The molecule has 0 aromatic rings. The number of ether oxygens (including phenoxy) is 3. The molecule has 0 heterocycles. The molecule has 6 heteroatoms. The largest absolute Gasteiger partial charge is 0.462 e. The van der Waals surface area contributed by atoms with Gasteiger partial charge in [0.25, 0.3) is 0 Å². The number of allylic oxidation sites excluding steroid dienone is 31. The molecule has 0 saturated heterocycles. The summed E-state index contributed by atoms with van der Waals surface area (Å²) in [4.78, 5) is 38.2. The molecule has 0 aliphatic rings. The van der Waals surface area contributed by atoms with Gasteiger partial charge in [-0.15, -0.1) is 0 Å². The number of hydrogen-bond donors (Lipinski definition) is 0. The number of carbonyl (C=O) groups is 3. The maximum atomic E-state index is 12.8. The molecule has 0 N–H and O–H groups in total. The Morgan fingerprint density at radius 1 is 0.265 bits per heavy atom. The Hall–Kier alpha value is -5.75. The van der Waals surface area contributed by atoms with Gasteiger partial charge in [-0.3, -0.25) is 14.4 Å². The van der Waals surface area contributed by atoms with Crippen LogP contribution in [0.25, 0.3) is 0 Å². The first-order valence-corrected chi connectivity index (χ1v) is 32.9. The Labute approximate surface area is 509 Å². The second kappa shape index (κ2) is 68.7. The van der Waals surface area contributed by atoms with Gasteiger partial charge in [0.05, 0.1) is 6.42 Å². The fraction of sp³-hybridized carbons (Fsp3) is 0.545. The summed E-state index contributed by atoms with van der Waals surface area (Å²) in [5, 5.41) is 0. The van der Waals surface area contributed by atoms with E-state index in [1.54, 1.807) is 6.08 Å². The van der Waals surface area contributed by atoms with Crippen LogP contribution in [0, 0.1) is 0 Å². The minimum Gasteiger partial charge on any atom is -0.462 e. The second-order valence-electron chi connectivity index (χ2n) is 20.9. The first kappa shape index (κ1) is 77.2. The van der Waals surface area contributed by atoms with Crippen LogP contribution in [0.2, 0.25) is 0 Å². The molecule has 0 aliphatic carbocycles. The fourth-order valence-electron chi connectivity index (χ4n) is 8.25. The number of esters is 3. The molecular weight excluding hydrogens is 1020 g/mol. The van der Waals surface area contributed by atoms with E-state index in [9.17, 15) is 14.4 Å². The average Bonchev–Trinajstić information content (AvgIpc) is 3.49. The molecule has 0 aromatic carbocycles. The van der Waals surface area contributed by atoms with Gasteiger partial charge < -0.3 is 14.2 Å². The molecule has 0 saturated carbocycles. The van der Waals surface area contributed by atoms with Crippen LogP contribution in [0.3, 0.4) is 0 Å². The summed E-state index contributed by atoms with van der Waals surface area (Å²) >= 11 is 0. The Morgan fingerprint density at radius 2 is 0.506 bits per heavy atom. The first-order valence-electron chi connectivity index (χ1n) is 32.9. The first-order chi connectivity index (χ1) is 41.0. The number of rotatable bonds is 57. The lowest BCUT2D eigenvalue weighted by molar-refractivity contribution is -0.166. The van der Waals surface area contributed by atoms with Gasteiger partial charge in [0.2, 0.25) is 0 Å². The van der Waals surface area contributed by atoms with Crippen molar-refractivity contribution in [3.8, 4) is 0 Å². The highest BCUT2D eigenvalue weighted by Gasteiger charge is 2.19. The van der Waals surface area contributed by atoms with Crippen LogP contribution in [0.4, 0.5) is 0 Å². The van der Waals surface area contributed by atoms with Gasteiger partial charge in [-0.1, -0.05) is 279 Å². The molecular formula is C77H118O6. The van der Waals surface area contributed by atoms with E-state index in [1.165, 1.54) is 51.4 Å². The molecule has 0 fully saturated rings. The van der Waals surface area contributed by atoms with E-state index in [0.717, 1.165) is 154 Å². The number of hydrogen-bond acceptors (Lipinski definition) is 6. The van der Waals surface area contributed by atoms with Crippen LogP contribution in [0.1, 0.15) is 252 Å². The van der Waals surface area contributed by atoms with Gasteiger partial charge in [0.1, 0.15) is 13.2 Å². The van der Waals surface area contributed by atoms with Crippen molar-refractivity contribution in [3.05, 3.63) is 194 Å². The van der Waals surface area contributed by atoms with Crippen molar-refractivity contribution in [1.82, 2.24) is 0 Å². The van der Waals surface area contributed by atoms with Gasteiger partial charge in [-0.05, 0) is 148 Å². The normalized spacial score (nSPS) is 13.4. The zero-order valence-corrected chi connectivity index (χ0v) is 52.9. The molecule has 0 amide bonds. The minimum absolute atomic E-state index is 0.0800. The second-order valence-corrected chi connectivity index (χ2v) is 20.9. The quantitative estimate of drug-likeness (QED) is 0.0261. The SMILES string of the molecule is CC/C=C\C/C=C\C/C=C\C/C=C\C/C=C\C/C=C\C/C=C\C/C=C\C/C=C\C/C=C\CCCCCCC(=O)OCC(COC(=O)CCCCCCC/C=C\CCCCCCCC)OC(=O)C/C=C\C/C=C\C/C=C\C/C=C\C/C=C\CC. The summed E-state index contributed by atoms with van der Waals surface area (Å²) in [6, 6.07) is 0. The maximum Gasteiger partial charge on any atom is 0.310 e. The minimum atomic E-state index is -0.858. The summed E-state index contributed by atoms with van der Waals surface area (Å²) in [5.41, 5.74) is 0. The Bertz CT molecular complexity index is 1990. The van der Waals surface area contributed by atoms with Crippen molar-refractivity contribution >= 4 is 17.9 Å². The smallest absolute Gasteiger partial charge is 0.310 e. The lowest BCUT2D eigenvalue weighted by atomic mass is 10.1. The maximum absolute atomic E-state index is 12.8. The molecule has 83 heavy (non-hydrogen) atoms. The molecule has 0 aliphatic heterocycles. The van der Waals surface area contributed by atoms with Crippen LogP contribution >= 0.6 is 0 Å². The molecule has 1 atom stereocenters. The summed E-state index contributed by atoms with van der Waals surface area (Å²) in [5.74, 6) is -1.11. The van der Waals surface area contributed by atoms with Crippen molar-refractivity contribution < 1.29 is 28.6 Å². The highest BCUT2D eigenvalue weighted by molar-refractivity contribution is 5.72. The van der Waals surface area contributed by atoms with Crippen LogP contribution in [0.5, 0.6) is 0 Å². The molecule has 0 aromatic heterocycles. The van der Waals surface area contributed by atoms with E-state index in [0.29, 0.717) is 19.3 Å². The molecule has 6 nitrogen and oxygen atoms in total. The van der Waals surface area contributed by atoms with Crippen molar-refractivity contribution in [1.29, 1.82) is 0 Å². The van der Waals surface area contributed by atoms with Gasteiger partial charge in [0.15, 0.2) is 6.10 Å².